The van der Waals surface area contributed by atoms with Gasteiger partial charge in [0, 0.05) is 17.5 Å². The van der Waals surface area contributed by atoms with Gasteiger partial charge in [-0.25, -0.2) is 0 Å². The van der Waals surface area contributed by atoms with Crippen molar-refractivity contribution in [1.82, 2.24) is 4.90 Å². The van der Waals surface area contributed by atoms with E-state index in [-0.39, 0.29) is 40.1 Å². The summed E-state index contributed by atoms with van der Waals surface area (Å²) in [6.07, 6.45) is -3.68. The van der Waals surface area contributed by atoms with Gasteiger partial charge in [-0.05, 0) is 91.5 Å². The molecule has 1 heterocycles. The van der Waals surface area contributed by atoms with Crippen LogP contribution in [0.25, 0.3) is 0 Å². The maximum atomic E-state index is 14.0. The van der Waals surface area contributed by atoms with Crippen molar-refractivity contribution >= 4 is 5.71 Å². The van der Waals surface area contributed by atoms with Crippen molar-refractivity contribution in [2.45, 2.75) is 83.8 Å². The first-order chi connectivity index (χ1) is 19.4. The van der Waals surface area contributed by atoms with Gasteiger partial charge in [0.25, 0.3) is 0 Å². The fourth-order valence-electron chi connectivity index (χ4n) is 4.30. The Hall–Kier alpha value is -2.34. The van der Waals surface area contributed by atoms with E-state index in [1.807, 2.05) is 0 Å². The molecule has 0 aromatic heterocycles. The maximum absolute atomic E-state index is 14.0. The number of aryl methyl sites for hydroxylation is 1. The van der Waals surface area contributed by atoms with Crippen molar-refractivity contribution in [3.05, 3.63) is 69.8 Å². The highest BCUT2D eigenvalue weighted by molar-refractivity contribution is 5.98. The number of nitrogens with zero attached hydrogens (tertiary/aromatic N) is 2. The Morgan fingerprint density at radius 3 is 2.59 bits per heavy atom. The molecule has 1 saturated carbocycles. The summed E-state index contributed by atoms with van der Waals surface area (Å²) < 4.78 is 108. The van der Waals surface area contributed by atoms with E-state index >= 15 is 0 Å². The Kier molecular flexibility index (Phi) is 5.26. The van der Waals surface area contributed by atoms with Crippen LogP contribution in [0.3, 0.4) is 0 Å². The van der Waals surface area contributed by atoms with Crippen LogP contribution in [0.4, 0.5) is 13.2 Å². The number of hydrogen-bond acceptors (Lipinski definition) is 3. The summed E-state index contributed by atoms with van der Waals surface area (Å²) in [7, 11) is 0. The minimum absolute atomic E-state index is 0.0348. The van der Waals surface area contributed by atoms with Crippen LogP contribution in [-0.4, -0.2) is 23.7 Å². The lowest BCUT2D eigenvalue weighted by Crippen LogP contribution is -2.36. The summed E-state index contributed by atoms with van der Waals surface area (Å²) in [5.41, 5.74) is -0.624. The number of halogens is 3. The van der Waals surface area contributed by atoms with Crippen LogP contribution >= 0.6 is 0 Å². The topological polar surface area (TPSA) is 24.8 Å². The van der Waals surface area contributed by atoms with E-state index in [2.05, 4.69) is 5.16 Å². The molecule has 2 aromatic rings. The summed E-state index contributed by atoms with van der Waals surface area (Å²) in [5.74, 6) is -1.29. The molecular formula is C28H35F3N2O. The van der Waals surface area contributed by atoms with E-state index in [0.29, 0.717) is 38.8 Å². The molecule has 2 aliphatic rings. The molecule has 0 amide bonds. The highest BCUT2D eigenvalue weighted by atomic mass is 19.4. The molecule has 3 nitrogen and oxygen atoms in total. The fourth-order valence-corrected chi connectivity index (χ4v) is 4.30. The highest BCUT2D eigenvalue weighted by Gasteiger charge is 2.35. The molecule has 4 rings (SSSR count). The summed E-state index contributed by atoms with van der Waals surface area (Å²) in [6, 6.07) is 7.92. The molecule has 2 fully saturated rings. The molecule has 184 valence electrons. The third-order valence-corrected chi connectivity index (χ3v) is 6.37. The van der Waals surface area contributed by atoms with Crippen molar-refractivity contribution in [2.24, 2.45) is 5.16 Å². The lowest BCUT2D eigenvalue weighted by molar-refractivity contribution is -0.138. The van der Waals surface area contributed by atoms with E-state index in [4.69, 9.17) is 15.8 Å². The average molecular weight is 481 g/mol. The van der Waals surface area contributed by atoms with E-state index in [1.165, 1.54) is 42.2 Å². The Morgan fingerprint density at radius 2 is 1.91 bits per heavy atom. The predicted molar refractivity (Wildman–Crippen MR) is 130 cm³/mol. The van der Waals surface area contributed by atoms with Gasteiger partial charge in [0.2, 0.25) is 0 Å². The zero-order chi connectivity index (χ0) is 31.1. The number of hydrogen-bond donors (Lipinski definition) is 0. The molecule has 0 bridgehead atoms. The van der Waals surface area contributed by atoms with Gasteiger partial charge in [0.1, 0.15) is 6.61 Å². The normalized spacial score (nSPS) is 23.7. The Labute approximate surface area is 212 Å². The van der Waals surface area contributed by atoms with Crippen LogP contribution in [0.2, 0.25) is 0 Å². The van der Waals surface area contributed by atoms with Crippen LogP contribution in [0.5, 0.6) is 0 Å². The molecule has 1 saturated heterocycles. The van der Waals surface area contributed by atoms with Crippen LogP contribution in [-0.2, 0) is 30.5 Å². The third-order valence-electron chi connectivity index (χ3n) is 6.37. The van der Waals surface area contributed by atoms with E-state index < -0.39 is 37.4 Å². The van der Waals surface area contributed by atoms with Gasteiger partial charge in [-0.2, -0.15) is 13.2 Å². The number of alkyl halides is 3. The van der Waals surface area contributed by atoms with Crippen LogP contribution < -0.4 is 0 Å². The lowest BCUT2D eigenvalue weighted by atomic mass is 9.81. The molecule has 0 radical (unpaired) electrons. The second-order valence-corrected chi connectivity index (χ2v) is 8.83. The van der Waals surface area contributed by atoms with Gasteiger partial charge in [-0.1, -0.05) is 55.5 Å². The van der Waals surface area contributed by atoms with Gasteiger partial charge in [0.05, 0.1) is 11.3 Å². The van der Waals surface area contributed by atoms with Crippen molar-refractivity contribution in [3.63, 3.8) is 0 Å². The molecule has 0 spiro atoms. The Morgan fingerprint density at radius 1 is 1.12 bits per heavy atom. The molecule has 0 unspecified atom stereocenters. The van der Waals surface area contributed by atoms with Gasteiger partial charge in [-0.3, -0.25) is 4.90 Å². The maximum Gasteiger partial charge on any atom is 0.416 e. The number of rotatable bonds is 8. The predicted octanol–water partition coefficient (Wildman–Crippen LogP) is 7.46. The van der Waals surface area contributed by atoms with E-state index in [0.717, 1.165) is 18.9 Å². The second kappa shape index (κ2) is 10.9. The molecule has 2 aromatic carbocycles. The first kappa shape index (κ1) is 16.4. The largest absolute Gasteiger partial charge is 0.416 e. The fraction of sp³-hybridized carbons (Fsp3) is 0.536. The lowest BCUT2D eigenvalue weighted by Gasteiger charge is -2.31. The van der Waals surface area contributed by atoms with Gasteiger partial charge < -0.3 is 4.84 Å². The monoisotopic (exact) mass is 480 g/mol. The second-order valence-electron chi connectivity index (χ2n) is 8.83. The zero-order valence-corrected chi connectivity index (χ0v) is 19.3. The number of oxime groups is 1. The van der Waals surface area contributed by atoms with Crippen molar-refractivity contribution in [3.8, 4) is 0 Å². The average Bonchev–Trinajstić information content (AvgIpc) is 2.86. The summed E-state index contributed by atoms with van der Waals surface area (Å²) in [4.78, 5) is 6.86. The SMILES string of the molecule is [2H]C1(c2ccc(CO/N=C(\C)c3ccc(C([2H])([2H])N4CCC4)c(C([2H])([2H])C([2H])([2H])[2H])c3)cc2C(F)(F)F)CCCCC1. The van der Waals surface area contributed by atoms with Crippen LogP contribution in [0.15, 0.2) is 41.6 Å². The van der Waals surface area contributed by atoms with E-state index in [1.54, 1.807) is 0 Å². The zero-order valence-electron chi connectivity index (χ0n) is 27.3. The summed E-state index contributed by atoms with van der Waals surface area (Å²) in [5, 5.41) is 3.98. The Balaban J connectivity index is 1.60. The molecule has 6 heteroatoms. The van der Waals surface area contributed by atoms with Crippen molar-refractivity contribution < 1.29 is 29.0 Å². The van der Waals surface area contributed by atoms with Crippen molar-refractivity contribution in [1.29, 1.82) is 0 Å². The molecule has 34 heavy (non-hydrogen) atoms. The molecule has 0 atom stereocenters. The van der Waals surface area contributed by atoms with E-state index in [9.17, 15) is 13.2 Å². The minimum Gasteiger partial charge on any atom is -0.391 e. The number of likely N-dealkylation sites (tertiary alicyclic amines) is 1. The summed E-state index contributed by atoms with van der Waals surface area (Å²) >= 11 is 0. The first-order valence-electron chi connectivity index (χ1n) is 15.7. The minimum atomic E-state index is -4.64. The van der Waals surface area contributed by atoms with Crippen LogP contribution in [0, 0.1) is 0 Å². The Bertz CT molecular complexity index is 1320. The molecule has 1 aliphatic carbocycles. The highest BCUT2D eigenvalue weighted by Crippen LogP contribution is 2.41. The standard InChI is InChI=1S/C28H35F3N2O/c1-3-22-17-24(11-12-25(22)18-33-14-7-15-33)20(2)32-34-19-21-10-13-26(23-8-5-4-6-9-23)27(16-21)28(29,30)31/h10-13,16-17,23H,3-9,14-15,18-19H2,1-2H3/b32-20+/i1D3,3D2,18D2,23D. The van der Waals surface area contributed by atoms with Crippen LogP contribution in [0.1, 0.15) is 103 Å². The first-order valence-corrected chi connectivity index (χ1v) is 11.7. The molecule has 1 aliphatic heterocycles. The molecular weight excluding hydrogens is 437 g/mol. The summed E-state index contributed by atoms with van der Waals surface area (Å²) in [6.45, 7) is -3.04. The third kappa shape index (κ3) is 6.01. The van der Waals surface area contributed by atoms with Crippen molar-refractivity contribution in [2.75, 3.05) is 13.1 Å². The van der Waals surface area contributed by atoms with Gasteiger partial charge in [0.15, 0.2) is 0 Å². The number of benzene rings is 2. The van der Waals surface area contributed by atoms with Gasteiger partial charge in [-0.15, -0.1) is 0 Å². The van der Waals surface area contributed by atoms with Gasteiger partial charge >= 0.3 is 6.18 Å². The molecule has 0 N–H and O–H groups in total. The smallest absolute Gasteiger partial charge is 0.391 e. The quantitative estimate of drug-likeness (QED) is 0.289.